The quantitative estimate of drug-likeness (QED) is 0.219. The van der Waals surface area contributed by atoms with Crippen LogP contribution in [-0.2, 0) is 24.0 Å². The zero-order valence-corrected chi connectivity index (χ0v) is 21.7. The van der Waals surface area contributed by atoms with Crippen molar-refractivity contribution in [2.75, 3.05) is 20.1 Å². The first-order valence-corrected chi connectivity index (χ1v) is 12.4. The van der Waals surface area contributed by atoms with Gasteiger partial charge in [-0.2, -0.15) is 0 Å². The molecule has 0 unspecified atom stereocenters. The normalized spacial score (nSPS) is 20.8. The third-order valence-corrected chi connectivity index (χ3v) is 6.57. The van der Waals surface area contributed by atoms with Gasteiger partial charge in [-0.1, -0.05) is 40.2 Å². The number of amides is 4. The van der Waals surface area contributed by atoms with E-state index in [2.05, 4.69) is 22.5 Å². The van der Waals surface area contributed by atoms with Crippen LogP contribution in [0.5, 0.6) is 0 Å². The highest BCUT2D eigenvalue weighted by atomic mass is 16.3. The number of aliphatic hydroxyl groups is 1. The Bertz CT molecular complexity index is 799. The van der Waals surface area contributed by atoms with Gasteiger partial charge < -0.3 is 26.0 Å². The van der Waals surface area contributed by atoms with Crippen LogP contribution in [0.2, 0.25) is 0 Å². The molecule has 0 aromatic heterocycles. The Morgan fingerprint density at radius 1 is 1.23 bits per heavy atom. The zero-order valence-electron chi connectivity index (χ0n) is 21.7. The maximum Gasteiger partial charge on any atom is 0.254 e. The highest BCUT2D eigenvalue weighted by Crippen LogP contribution is 2.27. The third-order valence-electron chi connectivity index (χ3n) is 6.57. The van der Waals surface area contributed by atoms with E-state index >= 15 is 0 Å². The molecule has 10 nitrogen and oxygen atoms in total. The smallest absolute Gasteiger partial charge is 0.254 e. The average molecular weight is 495 g/mol. The molecule has 1 aliphatic heterocycles. The maximum atomic E-state index is 13.3. The average Bonchev–Trinajstić information content (AvgIpc) is 2.96. The summed E-state index contributed by atoms with van der Waals surface area (Å²) in [5, 5.41) is 18.4. The minimum atomic E-state index is -1.73. The first-order chi connectivity index (χ1) is 16.4. The van der Waals surface area contributed by atoms with Gasteiger partial charge in [-0.3, -0.25) is 24.0 Å². The summed E-state index contributed by atoms with van der Waals surface area (Å²) in [6.45, 7) is 10.8. The molecule has 0 radical (unpaired) electrons. The summed E-state index contributed by atoms with van der Waals surface area (Å²) in [5.41, 5.74) is -1.73. The highest BCUT2D eigenvalue weighted by molar-refractivity contribution is 6.14. The van der Waals surface area contributed by atoms with Crippen LogP contribution >= 0.6 is 0 Å². The number of carbonyl (C=O) groups excluding carboxylic acids is 5. The van der Waals surface area contributed by atoms with Crippen LogP contribution in [0.15, 0.2) is 12.7 Å². The zero-order chi connectivity index (χ0) is 26.8. The molecule has 4 amide bonds. The fourth-order valence-electron chi connectivity index (χ4n) is 4.43. The summed E-state index contributed by atoms with van der Waals surface area (Å²) in [6, 6.07) is -0.683. The lowest BCUT2D eigenvalue weighted by Crippen LogP contribution is -2.67. The van der Waals surface area contributed by atoms with Gasteiger partial charge in [0.05, 0.1) is 25.1 Å². The van der Waals surface area contributed by atoms with Gasteiger partial charge >= 0.3 is 0 Å². The molecule has 1 fully saturated rings. The van der Waals surface area contributed by atoms with Crippen molar-refractivity contribution in [1.82, 2.24) is 20.9 Å². The molecule has 198 valence electrons. The van der Waals surface area contributed by atoms with Crippen LogP contribution in [0.3, 0.4) is 0 Å². The van der Waals surface area contributed by atoms with Crippen LogP contribution < -0.4 is 16.0 Å². The molecule has 4 atom stereocenters. The Morgan fingerprint density at radius 3 is 2.43 bits per heavy atom. The number of hydrogen-bond donors (Lipinski definition) is 4. The number of nitrogens with zero attached hydrogens (tertiary/aromatic N) is 1. The number of nitrogens with one attached hydrogen (secondary N) is 3. The number of aliphatic hydroxyl groups excluding tert-OH is 1. The molecule has 0 aromatic rings. The van der Waals surface area contributed by atoms with Gasteiger partial charge in [0.25, 0.3) is 5.91 Å². The molecule has 0 spiro atoms. The van der Waals surface area contributed by atoms with E-state index < -0.39 is 42.0 Å². The molecule has 0 aliphatic carbocycles. The van der Waals surface area contributed by atoms with Crippen molar-refractivity contribution in [2.24, 2.45) is 11.8 Å². The van der Waals surface area contributed by atoms with Crippen molar-refractivity contribution in [3.63, 3.8) is 0 Å². The molecule has 4 N–H and O–H groups in total. The highest BCUT2D eigenvalue weighted by Gasteiger charge is 2.51. The number of Topliss-reactive ketones (excluding diaryl/α,β-unsaturated/α-hetero) is 1. The number of carbonyl (C=O) groups is 5. The summed E-state index contributed by atoms with van der Waals surface area (Å²) in [5.74, 6) is -2.67. The predicted molar refractivity (Wildman–Crippen MR) is 132 cm³/mol. The van der Waals surface area contributed by atoms with Crippen molar-refractivity contribution < 1.29 is 29.1 Å². The lowest BCUT2D eigenvalue weighted by molar-refractivity contribution is -0.145. The third kappa shape index (κ3) is 7.88. The van der Waals surface area contributed by atoms with E-state index in [1.54, 1.807) is 6.92 Å². The number of rotatable bonds is 13. The molecule has 1 rings (SSSR count). The second-order valence-electron chi connectivity index (χ2n) is 9.60. The van der Waals surface area contributed by atoms with E-state index in [0.29, 0.717) is 19.3 Å². The Labute approximate surface area is 208 Å². The SMILES string of the molecule is C=CCN(C(=O)CNC(=O)[C@]1([C@@H](C)CC)NC(=O)CCCC1=O)[C@@H](CC(C)C)[C@@H](O)CC(=O)NC. The van der Waals surface area contributed by atoms with E-state index in [1.807, 2.05) is 20.8 Å². The fourth-order valence-corrected chi connectivity index (χ4v) is 4.43. The van der Waals surface area contributed by atoms with E-state index in [4.69, 9.17) is 0 Å². The Hall–Kier alpha value is -2.75. The lowest BCUT2D eigenvalue weighted by atomic mass is 9.78. The summed E-state index contributed by atoms with van der Waals surface area (Å²) in [6.07, 6.45) is 1.72. The van der Waals surface area contributed by atoms with E-state index in [-0.39, 0.29) is 49.3 Å². The molecule has 35 heavy (non-hydrogen) atoms. The minimum absolute atomic E-state index is 0.0924. The number of ketones is 1. The maximum absolute atomic E-state index is 13.3. The number of hydrogen-bond acceptors (Lipinski definition) is 6. The van der Waals surface area contributed by atoms with Crippen molar-refractivity contribution in [1.29, 1.82) is 0 Å². The molecular formula is C25H42N4O6. The Morgan fingerprint density at radius 2 is 1.89 bits per heavy atom. The first-order valence-electron chi connectivity index (χ1n) is 12.4. The van der Waals surface area contributed by atoms with Gasteiger partial charge in [0.15, 0.2) is 11.3 Å². The standard InChI is InChI=1S/C25H42N4O6/c1-7-12-29(18(13-16(3)4)19(30)14-22(33)26-6)23(34)15-27-24(35)25(17(5)8-2)20(31)10-9-11-21(32)28-25/h7,16-19,30H,1,8-15H2,2-6H3,(H,26,33)(H,27,35)(H,28,32)/t17-,18-,19-,25+/m0/s1. The van der Waals surface area contributed by atoms with E-state index in [9.17, 15) is 29.1 Å². The minimum Gasteiger partial charge on any atom is -0.390 e. The molecule has 0 aromatic carbocycles. The lowest BCUT2D eigenvalue weighted by Gasteiger charge is -2.37. The van der Waals surface area contributed by atoms with Crippen LogP contribution in [0, 0.1) is 11.8 Å². The Kier molecular flexibility index (Phi) is 12.1. The molecule has 0 bridgehead atoms. The molecule has 10 heteroatoms. The summed E-state index contributed by atoms with van der Waals surface area (Å²) >= 11 is 0. The summed E-state index contributed by atoms with van der Waals surface area (Å²) in [7, 11) is 1.47. The van der Waals surface area contributed by atoms with Gasteiger partial charge in [-0.15, -0.1) is 6.58 Å². The predicted octanol–water partition coefficient (Wildman–Crippen LogP) is 0.683. The van der Waals surface area contributed by atoms with Gasteiger partial charge in [0.1, 0.15) is 0 Å². The molecule has 0 saturated carbocycles. The summed E-state index contributed by atoms with van der Waals surface area (Å²) in [4.78, 5) is 65.1. The van der Waals surface area contributed by atoms with Crippen LogP contribution in [0.1, 0.15) is 66.2 Å². The van der Waals surface area contributed by atoms with Gasteiger partial charge in [-0.25, -0.2) is 0 Å². The largest absolute Gasteiger partial charge is 0.390 e. The fraction of sp³-hybridized carbons (Fsp3) is 0.720. The van der Waals surface area contributed by atoms with Crippen molar-refractivity contribution in [2.45, 2.75) is 83.9 Å². The van der Waals surface area contributed by atoms with Gasteiger partial charge in [0, 0.05) is 26.4 Å². The second-order valence-corrected chi connectivity index (χ2v) is 9.60. The first kappa shape index (κ1) is 30.3. The van der Waals surface area contributed by atoms with Crippen molar-refractivity contribution >= 4 is 29.4 Å². The Balaban J connectivity index is 3.15. The van der Waals surface area contributed by atoms with Gasteiger partial charge in [-0.05, 0) is 24.7 Å². The van der Waals surface area contributed by atoms with Crippen LogP contribution in [0.25, 0.3) is 0 Å². The van der Waals surface area contributed by atoms with Gasteiger partial charge in [0.2, 0.25) is 17.7 Å². The summed E-state index contributed by atoms with van der Waals surface area (Å²) < 4.78 is 0. The second kappa shape index (κ2) is 14.0. The van der Waals surface area contributed by atoms with Crippen molar-refractivity contribution in [3.05, 3.63) is 12.7 Å². The van der Waals surface area contributed by atoms with E-state index in [0.717, 1.165) is 0 Å². The van der Waals surface area contributed by atoms with Crippen LogP contribution in [-0.4, -0.2) is 77.2 Å². The monoisotopic (exact) mass is 494 g/mol. The van der Waals surface area contributed by atoms with E-state index in [1.165, 1.54) is 18.0 Å². The molecule has 1 aliphatic rings. The van der Waals surface area contributed by atoms with Crippen LogP contribution in [0.4, 0.5) is 0 Å². The molecule has 1 saturated heterocycles. The topological polar surface area (TPSA) is 145 Å². The molecular weight excluding hydrogens is 452 g/mol. The van der Waals surface area contributed by atoms with Crippen molar-refractivity contribution in [3.8, 4) is 0 Å². The molecule has 1 heterocycles.